The summed E-state index contributed by atoms with van der Waals surface area (Å²) in [4.78, 5) is 55.6. The Morgan fingerprint density at radius 1 is 1.07 bits per heavy atom. The van der Waals surface area contributed by atoms with Gasteiger partial charge in [0.05, 0.1) is 30.9 Å². The molecular weight excluding hydrogens is 566 g/mol. The van der Waals surface area contributed by atoms with Gasteiger partial charge in [0.2, 0.25) is 11.8 Å². The van der Waals surface area contributed by atoms with E-state index in [-0.39, 0.29) is 48.1 Å². The Kier molecular flexibility index (Phi) is 8.25. The number of benzene rings is 1. The van der Waals surface area contributed by atoms with Gasteiger partial charge >= 0.3 is 6.03 Å². The van der Waals surface area contributed by atoms with Gasteiger partial charge in [-0.3, -0.25) is 9.59 Å². The largest absolute Gasteiger partial charge is 0.469 e. The number of fused-ring (bicyclic) bond motifs is 3. The van der Waals surface area contributed by atoms with Crippen LogP contribution in [0.15, 0.2) is 29.3 Å². The molecule has 13 nitrogen and oxygen atoms in total. The highest BCUT2D eigenvalue weighted by Gasteiger charge is 2.42. The molecule has 3 saturated heterocycles. The first kappa shape index (κ1) is 29.9. The number of urea groups is 1. The van der Waals surface area contributed by atoms with Gasteiger partial charge in [-0.2, -0.15) is 9.98 Å². The number of rotatable bonds is 6. The second kappa shape index (κ2) is 12.1. The molecule has 1 aromatic heterocycles. The van der Waals surface area contributed by atoms with E-state index in [1.165, 1.54) is 6.92 Å². The van der Waals surface area contributed by atoms with E-state index in [4.69, 9.17) is 29.9 Å². The van der Waals surface area contributed by atoms with E-state index in [1.807, 2.05) is 18.7 Å². The number of aromatic nitrogens is 2. The van der Waals surface area contributed by atoms with Crippen molar-refractivity contribution in [1.82, 2.24) is 14.9 Å². The van der Waals surface area contributed by atoms with Crippen LogP contribution in [0.4, 0.5) is 16.4 Å². The number of ether oxygens (including phenoxy) is 3. The number of morpholine rings is 1. The molecule has 0 saturated carbocycles. The number of nitrogens with two attached hydrogens (primary N) is 1. The minimum Gasteiger partial charge on any atom is -0.469 e. The van der Waals surface area contributed by atoms with Crippen LogP contribution >= 0.6 is 0 Å². The molecule has 2 aromatic rings. The lowest BCUT2D eigenvalue weighted by Crippen LogP contribution is -2.49. The smallest absolute Gasteiger partial charge is 0.347 e. The molecule has 234 valence electrons. The van der Waals surface area contributed by atoms with Crippen LogP contribution in [-0.2, 0) is 14.3 Å². The van der Waals surface area contributed by atoms with Gasteiger partial charge in [0.1, 0.15) is 22.8 Å². The van der Waals surface area contributed by atoms with Gasteiger partial charge in [-0.05, 0) is 58.6 Å². The summed E-state index contributed by atoms with van der Waals surface area (Å²) in [5.41, 5.74) is 6.92. The fraction of sp³-hybridized carbons (Fsp3) is 0.548. The van der Waals surface area contributed by atoms with Gasteiger partial charge in [0.15, 0.2) is 0 Å². The van der Waals surface area contributed by atoms with Gasteiger partial charge in [-0.25, -0.2) is 9.78 Å². The molecule has 13 heteroatoms. The number of amides is 3. The molecule has 44 heavy (non-hydrogen) atoms. The molecule has 1 aromatic carbocycles. The van der Waals surface area contributed by atoms with Gasteiger partial charge < -0.3 is 35.1 Å². The number of anilines is 2. The Labute approximate surface area is 256 Å². The highest BCUT2D eigenvalue weighted by molar-refractivity contribution is 6.06. The summed E-state index contributed by atoms with van der Waals surface area (Å²) in [6, 6.07) is 6.31. The maximum Gasteiger partial charge on any atom is 0.347 e. The lowest BCUT2D eigenvalue weighted by Gasteiger charge is -2.36. The first-order valence-electron chi connectivity index (χ1n) is 15.2. The van der Waals surface area contributed by atoms with Crippen molar-refractivity contribution in [2.24, 2.45) is 10.7 Å². The van der Waals surface area contributed by atoms with Crippen molar-refractivity contribution >= 4 is 35.2 Å². The van der Waals surface area contributed by atoms with E-state index in [2.05, 4.69) is 15.2 Å². The van der Waals surface area contributed by atoms with Crippen LogP contribution in [0.5, 0.6) is 5.88 Å². The van der Waals surface area contributed by atoms with Crippen LogP contribution < -0.4 is 20.7 Å². The summed E-state index contributed by atoms with van der Waals surface area (Å²) in [6.07, 6.45) is 3.63. The monoisotopic (exact) mass is 605 g/mol. The molecular formula is C31H39N7O6. The molecule has 2 atom stereocenters. The average Bonchev–Trinajstić information content (AvgIpc) is 3.27. The molecule has 5 heterocycles. The fourth-order valence-electron chi connectivity index (χ4n) is 6.32. The zero-order valence-corrected chi connectivity index (χ0v) is 25.4. The van der Waals surface area contributed by atoms with Crippen molar-refractivity contribution in [3.63, 3.8) is 0 Å². The number of carbonyl (C=O) groups is 3. The highest BCUT2D eigenvalue weighted by atomic mass is 16.5. The zero-order valence-electron chi connectivity index (χ0n) is 25.4. The second-order valence-electron chi connectivity index (χ2n) is 12.5. The van der Waals surface area contributed by atoms with Crippen LogP contribution in [0.25, 0.3) is 11.3 Å². The Balaban J connectivity index is 1.38. The third-order valence-electron chi connectivity index (χ3n) is 8.31. The molecule has 0 aliphatic carbocycles. The Morgan fingerprint density at radius 2 is 1.75 bits per heavy atom. The normalized spacial score (nSPS) is 23.5. The first-order chi connectivity index (χ1) is 21.0. The van der Waals surface area contributed by atoms with Gasteiger partial charge in [0.25, 0.3) is 5.91 Å². The van der Waals surface area contributed by atoms with Crippen LogP contribution in [0, 0.1) is 0 Å². The third-order valence-corrected chi connectivity index (χ3v) is 8.31. The van der Waals surface area contributed by atoms with Gasteiger partial charge in [-0.1, -0.05) is 12.1 Å². The Hall–Kier alpha value is -4.10. The van der Waals surface area contributed by atoms with E-state index in [0.717, 1.165) is 25.7 Å². The molecule has 2 bridgehead atoms. The van der Waals surface area contributed by atoms with Crippen LogP contribution in [0.3, 0.4) is 0 Å². The van der Waals surface area contributed by atoms with Crippen molar-refractivity contribution in [3.05, 3.63) is 29.8 Å². The molecule has 0 spiro atoms. The lowest BCUT2D eigenvalue weighted by atomic mass is 10.0. The molecule has 3 fully saturated rings. The molecule has 4 aliphatic heterocycles. The van der Waals surface area contributed by atoms with E-state index >= 15 is 0 Å². The number of amidine groups is 1. The van der Waals surface area contributed by atoms with Crippen molar-refractivity contribution in [3.8, 4) is 17.1 Å². The summed E-state index contributed by atoms with van der Waals surface area (Å²) >= 11 is 0. The van der Waals surface area contributed by atoms with E-state index in [9.17, 15) is 14.4 Å². The Bertz CT molecular complexity index is 1460. The summed E-state index contributed by atoms with van der Waals surface area (Å²) in [5, 5.41) is 2.66. The number of Topliss-reactive ketones (excluding diaryl/α,β-unsaturated/α-hetero) is 1. The lowest BCUT2D eigenvalue weighted by molar-refractivity contribution is -0.115. The topological polar surface area (TPSA) is 162 Å². The van der Waals surface area contributed by atoms with Crippen molar-refractivity contribution in [1.29, 1.82) is 0 Å². The summed E-state index contributed by atoms with van der Waals surface area (Å²) in [5.74, 6) is 0.341. The number of aliphatic imine (C=N–C) groups is 1. The quantitative estimate of drug-likeness (QED) is 0.370. The summed E-state index contributed by atoms with van der Waals surface area (Å²) < 4.78 is 18.2. The Morgan fingerprint density at radius 3 is 2.41 bits per heavy atom. The highest BCUT2D eigenvalue weighted by Crippen LogP contribution is 2.39. The first-order valence-corrected chi connectivity index (χ1v) is 15.2. The average molecular weight is 606 g/mol. The van der Waals surface area contributed by atoms with Crippen LogP contribution in [0.1, 0.15) is 63.2 Å². The summed E-state index contributed by atoms with van der Waals surface area (Å²) in [6.45, 7) is 8.26. The number of nitrogens with zero attached hydrogens (tertiary/aromatic N) is 5. The number of carbonyl (C=O) groups excluding carboxylic acids is 3. The predicted octanol–water partition coefficient (Wildman–Crippen LogP) is 3.17. The SMILES string of the molecule is CC(=O)CC(N)=NC(=O)Nc1ccc(-c2nc(N3CC4CCC(C3)O4)nc3c2C(=O)N(C2CCOCC2)CC(C)(C)O3)cc1. The van der Waals surface area contributed by atoms with Crippen molar-refractivity contribution < 1.29 is 28.6 Å². The molecule has 2 unspecified atom stereocenters. The van der Waals surface area contributed by atoms with Gasteiger partial charge in [-0.15, -0.1) is 0 Å². The minimum atomic E-state index is -0.689. The number of hydrogen-bond acceptors (Lipinski definition) is 9. The third kappa shape index (κ3) is 6.53. The van der Waals surface area contributed by atoms with Gasteiger partial charge in [0, 0.05) is 43.6 Å². The van der Waals surface area contributed by atoms with Crippen molar-refractivity contribution in [2.75, 3.05) is 43.1 Å². The maximum absolute atomic E-state index is 14.4. The maximum atomic E-state index is 14.4. The van der Waals surface area contributed by atoms with E-state index in [0.29, 0.717) is 61.3 Å². The van der Waals surface area contributed by atoms with Crippen LogP contribution in [-0.4, -0.2) is 95.1 Å². The number of hydrogen-bond donors (Lipinski definition) is 2. The standard InChI is InChI=1S/C31H39N7O6/c1-18(39)14-24(32)34-30(41)33-20-6-4-19(5-7-20)26-25-27(36-29(35-26)37-15-22-8-9-23(16-37)43-22)44-31(2,3)17-38(28(25)40)21-10-12-42-13-11-21/h4-7,21-23H,8-17H2,1-3H3,(H3,32,33,34,41). The molecule has 3 N–H and O–H groups in total. The predicted molar refractivity (Wildman–Crippen MR) is 163 cm³/mol. The molecule has 4 aliphatic rings. The molecule has 0 radical (unpaired) electrons. The number of nitrogens with one attached hydrogen (secondary N) is 1. The number of ketones is 1. The second-order valence-corrected chi connectivity index (χ2v) is 12.5. The van der Waals surface area contributed by atoms with Crippen LogP contribution in [0.2, 0.25) is 0 Å². The summed E-state index contributed by atoms with van der Waals surface area (Å²) in [7, 11) is 0. The fourth-order valence-corrected chi connectivity index (χ4v) is 6.32. The van der Waals surface area contributed by atoms with E-state index in [1.54, 1.807) is 24.3 Å². The zero-order chi connectivity index (χ0) is 31.0. The van der Waals surface area contributed by atoms with Crippen molar-refractivity contribution in [2.45, 2.75) is 76.7 Å². The molecule has 3 amide bonds. The molecule has 6 rings (SSSR count). The minimum absolute atomic E-state index is 0.0149. The van der Waals surface area contributed by atoms with E-state index < -0.39 is 11.6 Å².